The fraction of sp³-hybridized carbons (Fsp3) is 0.795. The van der Waals surface area contributed by atoms with Gasteiger partial charge in [0.25, 0.3) is 0 Å². The van der Waals surface area contributed by atoms with Crippen LogP contribution in [0.2, 0.25) is 0 Å². The lowest BCUT2D eigenvalue weighted by molar-refractivity contribution is -0.318. The second kappa shape index (κ2) is 18.1. The molecule has 5 saturated heterocycles. The fourth-order valence-electron chi connectivity index (χ4n) is 9.95. The Morgan fingerprint density at radius 2 is 1.62 bits per heavy atom. The average Bonchev–Trinajstić information content (AvgIpc) is 3.53. The number of methoxy groups -OCH3 is 2. The van der Waals surface area contributed by atoms with Gasteiger partial charge in [0.05, 0.1) is 49.8 Å². The first-order chi connectivity index (χ1) is 27.6. The van der Waals surface area contributed by atoms with Crippen LogP contribution >= 0.6 is 0 Å². The van der Waals surface area contributed by atoms with Crippen molar-refractivity contribution in [2.45, 2.75) is 178 Å². The number of esters is 1. The Labute approximate surface area is 342 Å². The Kier molecular flexibility index (Phi) is 13.8. The van der Waals surface area contributed by atoms with Crippen LogP contribution in [0.3, 0.4) is 0 Å². The largest absolute Gasteiger partial charge is 0.462 e. The Morgan fingerprint density at radius 3 is 2.34 bits per heavy atom. The summed E-state index contributed by atoms with van der Waals surface area (Å²) in [5.41, 5.74) is 0.195. The highest BCUT2D eigenvalue weighted by Gasteiger charge is 2.60. The molecule has 58 heavy (non-hydrogen) atoms. The molecule has 0 amide bonds. The van der Waals surface area contributed by atoms with E-state index < -0.39 is 90.8 Å². The zero-order chi connectivity index (χ0) is 41.5. The maximum atomic E-state index is 14.1. The van der Waals surface area contributed by atoms with Gasteiger partial charge in [0.1, 0.15) is 42.0 Å². The third-order valence-corrected chi connectivity index (χ3v) is 13.5. The van der Waals surface area contributed by atoms with Gasteiger partial charge in [-0.2, -0.15) is 0 Å². The lowest BCUT2D eigenvalue weighted by Gasteiger charge is -2.47. The minimum Gasteiger partial charge on any atom is -0.462 e. The van der Waals surface area contributed by atoms with Gasteiger partial charge < -0.3 is 62.7 Å². The van der Waals surface area contributed by atoms with Crippen molar-refractivity contribution in [1.82, 2.24) is 0 Å². The molecule has 5 fully saturated rings. The van der Waals surface area contributed by atoms with Gasteiger partial charge >= 0.3 is 5.97 Å². The summed E-state index contributed by atoms with van der Waals surface area (Å²) < 4.78 is 62.8. The molecular weight excluding hydrogens is 752 g/mol. The van der Waals surface area contributed by atoms with Crippen molar-refractivity contribution < 1.29 is 67.5 Å². The van der Waals surface area contributed by atoms with Crippen LogP contribution in [0.4, 0.5) is 0 Å². The predicted molar refractivity (Wildman–Crippen MR) is 209 cm³/mol. The third-order valence-electron chi connectivity index (χ3n) is 13.5. The molecule has 6 heterocycles. The molecule has 1 spiro atoms. The van der Waals surface area contributed by atoms with E-state index in [-0.39, 0.29) is 24.7 Å². The molecule has 6 aliphatic heterocycles. The fourth-order valence-corrected chi connectivity index (χ4v) is 9.95. The Bertz CT molecular complexity index is 1570. The van der Waals surface area contributed by atoms with Gasteiger partial charge in [-0.3, -0.25) is 4.79 Å². The van der Waals surface area contributed by atoms with Crippen molar-refractivity contribution in [1.29, 1.82) is 0 Å². The number of rotatable bonds is 6. The number of carbonyl (C=O) groups is 1. The molecule has 1 aliphatic carbocycles. The molecule has 0 radical (unpaired) electrons. The summed E-state index contributed by atoms with van der Waals surface area (Å²) in [6.45, 7) is 12.3. The Hall–Kier alpha value is -2.05. The van der Waals surface area contributed by atoms with Gasteiger partial charge in [-0.05, 0) is 63.2 Å². The van der Waals surface area contributed by atoms with Gasteiger partial charge in [0, 0.05) is 52.2 Å². The average molecular weight is 819 g/mol. The molecule has 7 unspecified atom stereocenters. The van der Waals surface area contributed by atoms with Crippen molar-refractivity contribution in [3.05, 3.63) is 47.1 Å². The topological polar surface area (TPSA) is 170 Å². The Morgan fingerprint density at radius 1 is 0.897 bits per heavy atom. The molecular formula is C44H66O14. The summed E-state index contributed by atoms with van der Waals surface area (Å²) in [5.74, 6) is -2.32. The summed E-state index contributed by atoms with van der Waals surface area (Å²) in [7, 11) is 3.22. The number of allylic oxidation sites excluding steroid dienone is 2. The number of carbonyl (C=O) groups excluding carboxylic acids is 1. The molecule has 0 aromatic heterocycles. The smallest absolute Gasteiger partial charge is 0.316 e. The molecule has 0 saturated carbocycles. The predicted octanol–water partition coefficient (Wildman–Crippen LogP) is 4.19. The van der Waals surface area contributed by atoms with Gasteiger partial charge in [-0.25, -0.2) is 0 Å². The van der Waals surface area contributed by atoms with Crippen LogP contribution < -0.4 is 0 Å². The number of aliphatic hydroxyl groups is 3. The highest BCUT2D eigenvalue weighted by Crippen LogP contribution is 2.47. The van der Waals surface area contributed by atoms with E-state index in [1.54, 1.807) is 40.2 Å². The molecule has 18 atom stereocenters. The number of hydrogen-bond acceptors (Lipinski definition) is 14. The van der Waals surface area contributed by atoms with Crippen LogP contribution in [0.15, 0.2) is 47.1 Å². The first kappa shape index (κ1) is 44.0. The van der Waals surface area contributed by atoms with Gasteiger partial charge in [-0.15, -0.1) is 0 Å². The lowest BCUT2D eigenvalue weighted by Crippen LogP contribution is -2.58. The van der Waals surface area contributed by atoms with Crippen LogP contribution in [0.5, 0.6) is 0 Å². The lowest BCUT2D eigenvalue weighted by atomic mass is 9.71. The zero-order valence-electron chi connectivity index (χ0n) is 35.3. The number of hydrogen-bond donors (Lipinski definition) is 3. The maximum absolute atomic E-state index is 14.1. The second-order valence-electron chi connectivity index (χ2n) is 17.8. The van der Waals surface area contributed by atoms with E-state index in [2.05, 4.69) is 19.9 Å². The maximum Gasteiger partial charge on any atom is 0.316 e. The van der Waals surface area contributed by atoms with E-state index in [9.17, 15) is 20.1 Å². The first-order valence-electron chi connectivity index (χ1n) is 21.3. The van der Waals surface area contributed by atoms with Crippen LogP contribution in [0.1, 0.15) is 86.5 Å². The highest BCUT2D eigenvalue weighted by atomic mass is 16.7. The Balaban J connectivity index is 1.16. The van der Waals surface area contributed by atoms with Gasteiger partial charge in [-0.1, -0.05) is 44.2 Å². The molecule has 14 heteroatoms. The molecule has 0 aromatic rings. The van der Waals surface area contributed by atoms with E-state index in [4.69, 9.17) is 47.4 Å². The van der Waals surface area contributed by atoms with Crippen molar-refractivity contribution >= 4 is 5.97 Å². The number of ether oxygens (including phenoxy) is 10. The molecule has 3 N–H and O–H groups in total. The van der Waals surface area contributed by atoms with Crippen LogP contribution in [-0.4, -0.2) is 140 Å². The first-order valence-corrected chi connectivity index (χ1v) is 21.3. The standard InChI is InChI=1S/C44H66O14/c1-23-14-15-43(52-21-23)20-31-17-30(58-43)13-12-25(3)39(24(2)10-9-11-29-22-51-41-37(45)26(4)16-32(42(47)55-31)44(29,41)48)56-36-19-34(50-8)40(28(6)54-36)57-35-18-33(49-7)38(46)27(5)53-35/h9-12,16,23-24,27-28,30-41,45-46,48H,13-15,17-22H2,1-8H3/b10-9+,25-12+,29-11-/t23-,24?,27-,28-,30?,31?,32?,33-,34-,35-,36?,37+,38-,39-,40-,41?,43?,44-/m0/s1. The normalized spacial score (nSPS) is 50.1. The summed E-state index contributed by atoms with van der Waals surface area (Å²) in [5, 5.41) is 34.0. The van der Waals surface area contributed by atoms with Crippen molar-refractivity contribution in [3.63, 3.8) is 0 Å². The number of aliphatic hydroxyl groups excluding tert-OH is 2. The second-order valence-corrected chi connectivity index (χ2v) is 17.8. The molecule has 2 bridgehead atoms. The highest BCUT2D eigenvalue weighted by molar-refractivity contribution is 5.78. The SMILES string of the molecule is CO[C@H]1C[C@H](O[C@H]2[C@H](C)OC(O[C@@H]3/C(C)=C/CC4CC(CC5(CC[C@H](C)CO5)O4)OC(=O)C4C=C(C)[C@@H](O)C5OC/C(=C/C=C/C3C)[C@]45O)C[C@@H]2OC)O[C@@H](C)[C@@H]1O. The van der Waals surface area contributed by atoms with Gasteiger partial charge in [0.2, 0.25) is 0 Å². The summed E-state index contributed by atoms with van der Waals surface area (Å²) in [6.07, 6.45) is 5.65. The van der Waals surface area contributed by atoms with E-state index in [1.807, 2.05) is 26.0 Å². The minimum absolute atomic E-state index is 0.0438. The number of fused-ring (bicyclic) bond motifs is 2. The minimum atomic E-state index is -1.81. The van der Waals surface area contributed by atoms with Crippen molar-refractivity contribution in [2.75, 3.05) is 27.4 Å². The molecule has 326 valence electrons. The van der Waals surface area contributed by atoms with E-state index >= 15 is 0 Å². The zero-order valence-corrected chi connectivity index (χ0v) is 35.3. The van der Waals surface area contributed by atoms with E-state index in [0.29, 0.717) is 62.2 Å². The van der Waals surface area contributed by atoms with Crippen LogP contribution in [-0.2, 0) is 52.2 Å². The van der Waals surface area contributed by atoms with Gasteiger partial charge in [0.15, 0.2) is 18.4 Å². The van der Waals surface area contributed by atoms with E-state index in [0.717, 1.165) is 12.0 Å². The van der Waals surface area contributed by atoms with Crippen LogP contribution in [0.25, 0.3) is 0 Å². The molecule has 7 rings (SSSR count). The summed E-state index contributed by atoms with van der Waals surface area (Å²) in [4.78, 5) is 14.1. The molecule has 0 aromatic carbocycles. The summed E-state index contributed by atoms with van der Waals surface area (Å²) in [6, 6.07) is 0. The monoisotopic (exact) mass is 818 g/mol. The van der Waals surface area contributed by atoms with Crippen molar-refractivity contribution in [3.8, 4) is 0 Å². The molecule has 14 nitrogen and oxygen atoms in total. The molecule has 7 aliphatic rings. The van der Waals surface area contributed by atoms with E-state index in [1.165, 1.54) is 0 Å². The third kappa shape index (κ3) is 8.96. The van der Waals surface area contributed by atoms with Crippen LogP contribution in [0, 0.1) is 17.8 Å². The quantitative estimate of drug-likeness (QED) is 0.258. The van der Waals surface area contributed by atoms with Crippen molar-refractivity contribution in [2.24, 2.45) is 17.8 Å². The summed E-state index contributed by atoms with van der Waals surface area (Å²) >= 11 is 0.